The number of carbonyl (C=O) groups is 1. The highest BCUT2D eigenvalue weighted by Crippen LogP contribution is 2.39. The standard InChI is InChI=1S/C16H12F3NO5S/c17-16(18,19)25-10-5-7-11(8-6-10)26(23,24)20-9-13(15(21)22)12-3-1-2-4-14(12)20/h1-8,13H,9H2,(H,21,22). The number of fused-ring (bicyclic) bond motifs is 1. The summed E-state index contributed by atoms with van der Waals surface area (Å²) in [6.45, 7) is -0.294. The molecule has 1 unspecified atom stereocenters. The lowest BCUT2D eigenvalue weighted by Gasteiger charge is -2.20. The molecule has 0 saturated carbocycles. The van der Waals surface area contributed by atoms with E-state index in [0.29, 0.717) is 5.56 Å². The van der Waals surface area contributed by atoms with Crippen molar-refractivity contribution in [1.29, 1.82) is 0 Å². The normalized spacial score (nSPS) is 17.0. The van der Waals surface area contributed by atoms with E-state index in [1.54, 1.807) is 12.1 Å². The average Bonchev–Trinajstić information content (AvgIpc) is 2.94. The molecule has 138 valence electrons. The first-order valence-corrected chi connectivity index (χ1v) is 8.74. The fraction of sp³-hybridized carbons (Fsp3) is 0.188. The summed E-state index contributed by atoms with van der Waals surface area (Å²) in [6.07, 6.45) is -4.89. The van der Waals surface area contributed by atoms with Crippen LogP contribution < -0.4 is 9.04 Å². The first-order chi connectivity index (χ1) is 12.1. The molecule has 26 heavy (non-hydrogen) atoms. The Kier molecular flexibility index (Phi) is 4.31. The molecule has 0 bridgehead atoms. The predicted octanol–water partition coefficient (Wildman–Crippen LogP) is 2.96. The van der Waals surface area contributed by atoms with Crippen LogP contribution in [-0.2, 0) is 14.8 Å². The minimum atomic E-state index is -4.89. The molecule has 0 spiro atoms. The van der Waals surface area contributed by atoms with Crippen molar-refractivity contribution in [2.24, 2.45) is 0 Å². The molecule has 0 amide bonds. The van der Waals surface area contributed by atoms with Gasteiger partial charge in [0.2, 0.25) is 0 Å². The minimum absolute atomic E-state index is 0.232. The number of rotatable bonds is 4. The lowest BCUT2D eigenvalue weighted by Crippen LogP contribution is -2.31. The van der Waals surface area contributed by atoms with Crippen molar-refractivity contribution >= 4 is 21.7 Å². The molecule has 2 aromatic carbocycles. The fourth-order valence-electron chi connectivity index (χ4n) is 2.75. The molecule has 0 aliphatic carbocycles. The monoisotopic (exact) mass is 387 g/mol. The number of benzene rings is 2. The Labute approximate surface area is 146 Å². The van der Waals surface area contributed by atoms with Crippen LogP contribution in [0.25, 0.3) is 0 Å². The quantitative estimate of drug-likeness (QED) is 0.872. The molecule has 1 aliphatic heterocycles. The van der Waals surface area contributed by atoms with E-state index >= 15 is 0 Å². The summed E-state index contributed by atoms with van der Waals surface area (Å²) in [5.74, 6) is -2.74. The number of hydrogen-bond donors (Lipinski definition) is 1. The molecule has 1 N–H and O–H groups in total. The summed E-state index contributed by atoms with van der Waals surface area (Å²) >= 11 is 0. The van der Waals surface area contributed by atoms with E-state index in [1.807, 2.05) is 0 Å². The van der Waals surface area contributed by atoms with Gasteiger partial charge in [0, 0.05) is 0 Å². The molecule has 3 rings (SSSR count). The van der Waals surface area contributed by atoms with Gasteiger partial charge >= 0.3 is 12.3 Å². The van der Waals surface area contributed by atoms with Gasteiger partial charge in [-0.25, -0.2) is 8.42 Å². The Morgan fingerprint density at radius 2 is 1.73 bits per heavy atom. The third-order valence-corrected chi connectivity index (χ3v) is 5.67. The number of alkyl halides is 3. The van der Waals surface area contributed by atoms with Gasteiger partial charge in [0.05, 0.1) is 17.1 Å². The summed E-state index contributed by atoms with van der Waals surface area (Å²) in [7, 11) is -4.15. The molecule has 2 aromatic rings. The second kappa shape index (κ2) is 6.20. The third kappa shape index (κ3) is 3.32. The molecule has 0 aromatic heterocycles. The van der Waals surface area contributed by atoms with E-state index in [1.165, 1.54) is 12.1 Å². The van der Waals surface area contributed by atoms with Crippen molar-refractivity contribution in [1.82, 2.24) is 0 Å². The number of hydrogen-bond acceptors (Lipinski definition) is 4. The molecule has 6 nitrogen and oxygen atoms in total. The number of anilines is 1. The molecule has 1 heterocycles. The maximum atomic E-state index is 12.8. The Bertz CT molecular complexity index is 941. The Morgan fingerprint density at radius 1 is 1.12 bits per heavy atom. The summed E-state index contributed by atoms with van der Waals surface area (Å²) in [4.78, 5) is 11.1. The number of carboxylic acid groups (broad SMARTS) is 1. The van der Waals surface area contributed by atoms with Crippen LogP contribution in [0, 0.1) is 0 Å². The highest BCUT2D eigenvalue weighted by Gasteiger charge is 2.39. The van der Waals surface area contributed by atoms with Crippen LogP contribution in [0.15, 0.2) is 53.4 Å². The Morgan fingerprint density at radius 3 is 2.31 bits per heavy atom. The molecule has 0 saturated heterocycles. The molecular formula is C16H12F3NO5S. The van der Waals surface area contributed by atoms with Gasteiger partial charge in [-0.3, -0.25) is 9.10 Å². The van der Waals surface area contributed by atoms with Crippen molar-refractivity contribution in [3.05, 3.63) is 54.1 Å². The van der Waals surface area contributed by atoms with E-state index in [2.05, 4.69) is 4.74 Å². The van der Waals surface area contributed by atoms with E-state index in [9.17, 15) is 31.5 Å². The third-order valence-electron chi connectivity index (χ3n) is 3.87. The van der Waals surface area contributed by atoms with Gasteiger partial charge in [0.15, 0.2) is 0 Å². The van der Waals surface area contributed by atoms with Crippen molar-refractivity contribution in [2.75, 3.05) is 10.8 Å². The second-order valence-corrected chi connectivity index (χ2v) is 7.37. The Balaban J connectivity index is 1.95. The summed E-state index contributed by atoms with van der Waals surface area (Å²) < 4.78 is 66.9. The topological polar surface area (TPSA) is 83.9 Å². The molecule has 1 aliphatic rings. The number of sulfonamides is 1. The van der Waals surface area contributed by atoms with Crippen LogP contribution in [0.5, 0.6) is 5.75 Å². The van der Waals surface area contributed by atoms with Gasteiger partial charge < -0.3 is 9.84 Å². The van der Waals surface area contributed by atoms with Gasteiger partial charge in [-0.1, -0.05) is 18.2 Å². The van der Waals surface area contributed by atoms with Gasteiger partial charge in [0.1, 0.15) is 11.7 Å². The van der Waals surface area contributed by atoms with Crippen molar-refractivity contribution in [3.8, 4) is 5.75 Å². The van der Waals surface area contributed by atoms with Crippen LogP contribution in [0.3, 0.4) is 0 Å². The van der Waals surface area contributed by atoms with Crippen LogP contribution in [-0.4, -0.2) is 32.4 Å². The molecule has 10 heteroatoms. The van der Waals surface area contributed by atoms with E-state index < -0.39 is 34.0 Å². The van der Waals surface area contributed by atoms with E-state index in [4.69, 9.17) is 0 Å². The molecule has 1 atom stereocenters. The lowest BCUT2D eigenvalue weighted by molar-refractivity contribution is -0.274. The number of carboxylic acids is 1. The summed E-state index contributed by atoms with van der Waals surface area (Å²) in [6, 6.07) is 9.93. The second-order valence-electron chi connectivity index (χ2n) is 5.50. The molecule has 0 fully saturated rings. The van der Waals surface area contributed by atoms with E-state index in [-0.39, 0.29) is 17.1 Å². The number of halogens is 3. The number of aliphatic carboxylic acids is 1. The largest absolute Gasteiger partial charge is 0.573 e. The van der Waals surface area contributed by atoms with Crippen LogP contribution in [0.1, 0.15) is 11.5 Å². The van der Waals surface area contributed by atoms with Crippen molar-refractivity contribution < 1.29 is 36.2 Å². The zero-order valence-electron chi connectivity index (χ0n) is 13.0. The van der Waals surface area contributed by atoms with Crippen LogP contribution in [0.4, 0.5) is 18.9 Å². The fourth-order valence-corrected chi connectivity index (χ4v) is 4.26. The number of para-hydroxylation sites is 1. The first-order valence-electron chi connectivity index (χ1n) is 7.30. The van der Waals surface area contributed by atoms with Crippen LogP contribution in [0.2, 0.25) is 0 Å². The minimum Gasteiger partial charge on any atom is -0.481 e. The van der Waals surface area contributed by atoms with Crippen LogP contribution >= 0.6 is 0 Å². The lowest BCUT2D eigenvalue weighted by atomic mass is 10.0. The predicted molar refractivity (Wildman–Crippen MR) is 84.5 cm³/mol. The highest BCUT2D eigenvalue weighted by atomic mass is 32.2. The van der Waals surface area contributed by atoms with Gasteiger partial charge in [-0.15, -0.1) is 13.2 Å². The molecular weight excluding hydrogens is 375 g/mol. The zero-order chi connectivity index (χ0) is 19.1. The average molecular weight is 387 g/mol. The maximum absolute atomic E-state index is 12.8. The SMILES string of the molecule is O=C(O)C1CN(S(=O)(=O)c2ccc(OC(F)(F)F)cc2)c2ccccc21. The summed E-state index contributed by atoms with van der Waals surface area (Å²) in [5, 5.41) is 9.31. The van der Waals surface area contributed by atoms with Gasteiger partial charge in [0.25, 0.3) is 10.0 Å². The Hall–Kier alpha value is -2.75. The number of ether oxygens (including phenoxy) is 1. The van der Waals surface area contributed by atoms with Gasteiger partial charge in [-0.05, 0) is 35.9 Å². The maximum Gasteiger partial charge on any atom is 0.573 e. The molecule has 0 radical (unpaired) electrons. The zero-order valence-corrected chi connectivity index (χ0v) is 13.8. The number of nitrogens with zero attached hydrogens (tertiary/aromatic N) is 1. The van der Waals surface area contributed by atoms with Crippen molar-refractivity contribution in [2.45, 2.75) is 17.2 Å². The highest BCUT2D eigenvalue weighted by molar-refractivity contribution is 7.92. The first kappa shape index (κ1) is 18.1. The summed E-state index contributed by atoms with van der Waals surface area (Å²) in [5.41, 5.74) is 0.594. The van der Waals surface area contributed by atoms with Gasteiger partial charge in [-0.2, -0.15) is 0 Å². The van der Waals surface area contributed by atoms with E-state index in [0.717, 1.165) is 28.6 Å². The smallest absolute Gasteiger partial charge is 0.481 e. The van der Waals surface area contributed by atoms with Crippen molar-refractivity contribution in [3.63, 3.8) is 0 Å².